The van der Waals surface area contributed by atoms with Crippen molar-refractivity contribution in [1.29, 1.82) is 0 Å². The van der Waals surface area contributed by atoms with Crippen molar-refractivity contribution >= 4 is 22.7 Å². The number of benzene rings is 1. The van der Waals surface area contributed by atoms with Gasteiger partial charge >= 0.3 is 0 Å². The first kappa shape index (κ1) is 19.7. The maximum absolute atomic E-state index is 13.3. The van der Waals surface area contributed by atoms with E-state index in [2.05, 4.69) is 38.8 Å². The highest BCUT2D eigenvalue weighted by atomic mass is 16.5. The van der Waals surface area contributed by atoms with Crippen LogP contribution in [0.4, 0.5) is 11.6 Å². The van der Waals surface area contributed by atoms with Gasteiger partial charge in [0.2, 0.25) is 11.8 Å². The van der Waals surface area contributed by atoms with E-state index in [1.165, 1.54) is 11.1 Å². The number of hydrogen-bond donors (Lipinski definition) is 2. The molecule has 2 aliphatic carbocycles. The minimum atomic E-state index is -0.0645. The minimum Gasteiger partial charge on any atom is -0.474 e. The molecular formula is C25H25N7O2. The third kappa shape index (κ3) is 3.52. The number of rotatable bonds is 6. The second-order valence-electron chi connectivity index (χ2n) is 9.33. The van der Waals surface area contributed by atoms with Crippen LogP contribution in [0.3, 0.4) is 0 Å². The molecule has 0 amide bonds. The lowest BCUT2D eigenvalue weighted by molar-refractivity contribution is 0.291. The number of pyridine rings is 1. The first-order chi connectivity index (χ1) is 16.7. The summed E-state index contributed by atoms with van der Waals surface area (Å²) >= 11 is 0. The number of nitrogens with one attached hydrogen (secondary N) is 2. The van der Waals surface area contributed by atoms with E-state index in [4.69, 9.17) is 9.72 Å². The maximum atomic E-state index is 13.3. The molecule has 9 nitrogen and oxygen atoms in total. The molecule has 0 atom stereocenters. The molecule has 2 fully saturated rings. The molecule has 0 radical (unpaired) electrons. The lowest BCUT2D eigenvalue weighted by Gasteiger charge is -2.18. The Hall–Kier alpha value is -3.72. The Morgan fingerprint density at radius 2 is 1.97 bits per heavy atom. The van der Waals surface area contributed by atoms with Crippen LogP contribution in [0, 0.1) is 0 Å². The highest BCUT2D eigenvalue weighted by Gasteiger charge is 2.31. The second kappa shape index (κ2) is 7.66. The molecule has 7 rings (SSSR count). The van der Waals surface area contributed by atoms with Crippen molar-refractivity contribution in [2.75, 3.05) is 11.9 Å². The summed E-state index contributed by atoms with van der Waals surface area (Å²) in [5, 5.41) is 7.25. The van der Waals surface area contributed by atoms with E-state index in [9.17, 15) is 4.79 Å². The molecule has 1 aliphatic heterocycles. The molecule has 172 valence electrons. The van der Waals surface area contributed by atoms with Crippen LogP contribution in [0.15, 0.2) is 47.5 Å². The van der Waals surface area contributed by atoms with Crippen LogP contribution in [0.1, 0.15) is 42.9 Å². The molecule has 0 bridgehead atoms. The van der Waals surface area contributed by atoms with Crippen LogP contribution >= 0.6 is 0 Å². The van der Waals surface area contributed by atoms with E-state index in [-0.39, 0.29) is 17.7 Å². The van der Waals surface area contributed by atoms with E-state index in [0.717, 1.165) is 56.6 Å². The van der Waals surface area contributed by atoms with Gasteiger partial charge in [-0.25, -0.2) is 19.3 Å². The zero-order valence-electron chi connectivity index (χ0n) is 18.7. The van der Waals surface area contributed by atoms with Gasteiger partial charge in [0.1, 0.15) is 11.5 Å². The van der Waals surface area contributed by atoms with Gasteiger partial charge in [-0.2, -0.15) is 4.98 Å². The molecule has 34 heavy (non-hydrogen) atoms. The maximum Gasteiger partial charge on any atom is 0.278 e. The lowest BCUT2D eigenvalue weighted by Crippen LogP contribution is -2.23. The van der Waals surface area contributed by atoms with E-state index in [1.807, 2.05) is 21.5 Å². The van der Waals surface area contributed by atoms with Crippen molar-refractivity contribution < 1.29 is 4.74 Å². The average molecular weight is 456 g/mol. The second-order valence-corrected chi connectivity index (χ2v) is 9.33. The van der Waals surface area contributed by atoms with E-state index in [1.54, 1.807) is 12.4 Å². The third-order valence-electron chi connectivity index (χ3n) is 6.64. The van der Waals surface area contributed by atoms with Gasteiger partial charge in [-0.15, -0.1) is 0 Å². The highest BCUT2D eigenvalue weighted by Crippen LogP contribution is 2.36. The van der Waals surface area contributed by atoms with Crippen molar-refractivity contribution in [2.45, 2.75) is 50.8 Å². The van der Waals surface area contributed by atoms with Gasteiger partial charge in [0.25, 0.3) is 5.56 Å². The van der Waals surface area contributed by atoms with Crippen LogP contribution < -0.4 is 20.9 Å². The number of anilines is 2. The fraction of sp³-hybridized carbons (Fsp3) is 0.360. The van der Waals surface area contributed by atoms with Gasteiger partial charge in [0, 0.05) is 30.7 Å². The predicted octanol–water partition coefficient (Wildman–Crippen LogP) is 3.24. The Morgan fingerprint density at radius 3 is 2.82 bits per heavy atom. The summed E-state index contributed by atoms with van der Waals surface area (Å²) in [6, 6.07) is 10.3. The summed E-state index contributed by atoms with van der Waals surface area (Å²) in [7, 11) is 0. The summed E-state index contributed by atoms with van der Waals surface area (Å²) in [4.78, 5) is 26.9. The van der Waals surface area contributed by atoms with Crippen LogP contribution in [-0.4, -0.2) is 37.0 Å². The van der Waals surface area contributed by atoms with Gasteiger partial charge < -0.3 is 15.4 Å². The summed E-state index contributed by atoms with van der Waals surface area (Å²) in [6.45, 7) is 1.87. The summed E-state index contributed by atoms with van der Waals surface area (Å²) in [5.74, 6) is 1.04. The summed E-state index contributed by atoms with van der Waals surface area (Å²) in [6.07, 6.45) is 8.73. The molecule has 4 aromatic rings. The molecule has 3 aromatic heterocycles. The Bertz CT molecular complexity index is 1470. The number of nitrogens with zero attached hydrogens (tertiary/aromatic N) is 5. The Balaban J connectivity index is 1.31. The predicted molar refractivity (Wildman–Crippen MR) is 128 cm³/mol. The number of aromatic nitrogens is 5. The van der Waals surface area contributed by atoms with Crippen molar-refractivity contribution in [2.24, 2.45) is 0 Å². The molecule has 0 unspecified atom stereocenters. The third-order valence-corrected chi connectivity index (χ3v) is 6.64. The molecule has 4 heterocycles. The first-order valence-corrected chi connectivity index (χ1v) is 12.0. The van der Waals surface area contributed by atoms with Crippen molar-refractivity contribution in [3.8, 4) is 11.6 Å². The summed E-state index contributed by atoms with van der Waals surface area (Å²) < 4.78 is 9.62. The Morgan fingerprint density at radius 1 is 1.06 bits per heavy atom. The van der Waals surface area contributed by atoms with Gasteiger partial charge in [-0.1, -0.05) is 6.07 Å². The van der Waals surface area contributed by atoms with Crippen molar-refractivity contribution in [3.05, 3.63) is 64.2 Å². The number of fused-ring (bicyclic) bond motifs is 2. The molecule has 0 spiro atoms. The zero-order chi connectivity index (χ0) is 22.6. The quantitative estimate of drug-likeness (QED) is 0.460. The topological polar surface area (TPSA) is 98.9 Å². The SMILES string of the molecule is O=c1c2cnc(Nc3ccc4c(c3)CNCC4)nc2n(-c2ccnc(OC3CC3)c2)n1C1CC1. The minimum absolute atomic E-state index is 0.0645. The van der Waals surface area contributed by atoms with Gasteiger partial charge in [-0.05, 0) is 68.0 Å². The van der Waals surface area contributed by atoms with E-state index in [0.29, 0.717) is 22.9 Å². The summed E-state index contributed by atoms with van der Waals surface area (Å²) in [5.41, 5.74) is 4.92. The monoisotopic (exact) mass is 455 g/mol. The van der Waals surface area contributed by atoms with Gasteiger partial charge in [-0.3, -0.25) is 4.79 Å². The van der Waals surface area contributed by atoms with Crippen LogP contribution in [0.25, 0.3) is 16.7 Å². The lowest BCUT2D eigenvalue weighted by atomic mass is 10.0. The first-order valence-electron chi connectivity index (χ1n) is 12.0. The Labute approximate surface area is 195 Å². The number of ether oxygens (including phenoxy) is 1. The Kier molecular flexibility index (Phi) is 4.45. The molecule has 3 aliphatic rings. The molecule has 2 N–H and O–H groups in total. The van der Waals surface area contributed by atoms with Crippen molar-refractivity contribution in [1.82, 2.24) is 29.6 Å². The van der Waals surface area contributed by atoms with Gasteiger partial charge in [0.15, 0.2) is 5.65 Å². The fourth-order valence-corrected chi connectivity index (χ4v) is 4.60. The molecule has 2 saturated carbocycles. The standard InChI is InChI=1S/C25H25N7O2/c33-24-21-14-28-25(29-17-2-1-15-7-9-26-13-16(15)11-17)30-23(21)31(32(24)18-3-4-18)19-8-10-27-22(12-19)34-20-5-6-20/h1-2,8,10-12,14,18,20,26H,3-7,9,13H2,(H,28,29,30). The molecular weight excluding hydrogens is 430 g/mol. The zero-order valence-corrected chi connectivity index (χ0v) is 18.7. The average Bonchev–Trinajstić information content (AvgIpc) is 3.79. The van der Waals surface area contributed by atoms with E-state index >= 15 is 0 Å². The van der Waals surface area contributed by atoms with Crippen LogP contribution in [0.2, 0.25) is 0 Å². The molecule has 9 heteroatoms. The van der Waals surface area contributed by atoms with Gasteiger partial charge in [0.05, 0.1) is 11.7 Å². The van der Waals surface area contributed by atoms with E-state index < -0.39 is 0 Å². The normalized spacial score (nSPS) is 17.5. The van der Waals surface area contributed by atoms with Crippen LogP contribution in [-0.2, 0) is 13.0 Å². The number of hydrogen-bond acceptors (Lipinski definition) is 7. The largest absolute Gasteiger partial charge is 0.474 e. The van der Waals surface area contributed by atoms with Crippen LogP contribution in [0.5, 0.6) is 5.88 Å². The highest BCUT2D eigenvalue weighted by molar-refractivity contribution is 5.77. The molecule has 0 saturated heterocycles. The smallest absolute Gasteiger partial charge is 0.278 e. The fourth-order valence-electron chi connectivity index (χ4n) is 4.60. The van der Waals surface area contributed by atoms with Crippen molar-refractivity contribution in [3.63, 3.8) is 0 Å². The molecule has 1 aromatic carbocycles.